The van der Waals surface area contributed by atoms with Gasteiger partial charge in [-0.25, -0.2) is 0 Å². The first-order valence-electron chi connectivity index (χ1n) is 7.39. The molecule has 1 aliphatic rings. The first-order valence-corrected chi connectivity index (χ1v) is 7.39. The molecule has 0 N–H and O–H groups in total. The van der Waals surface area contributed by atoms with Gasteiger partial charge in [0.15, 0.2) is 0 Å². The lowest BCUT2D eigenvalue weighted by Crippen LogP contribution is -2.25. The largest absolute Gasteiger partial charge is 0.361 e. The highest BCUT2D eigenvalue weighted by atomic mass is 16.5. The number of likely N-dealkylation sites (tertiary alicyclic amines) is 1. The van der Waals surface area contributed by atoms with Gasteiger partial charge in [-0.05, 0) is 57.3 Å². The van der Waals surface area contributed by atoms with E-state index >= 15 is 0 Å². The van der Waals surface area contributed by atoms with E-state index in [1.807, 2.05) is 25.4 Å². The number of hydrogen-bond acceptors (Lipinski definition) is 4. The first-order chi connectivity index (χ1) is 9.83. The summed E-state index contributed by atoms with van der Waals surface area (Å²) in [6, 6.07) is 6.67. The fourth-order valence-electron chi connectivity index (χ4n) is 3.00. The molecule has 0 bridgehead atoms. The van der Waals surface area contributed by atoms with Gasteiger partial charge in [-0.3, -0.25) is 9.88 Å². The number of aromatic nitrogens is 2. The predicted octanol–water partition coefficient (Wildman–Crippen LogP) is 3.15. The van der Waals surface area contributed by atoms with Crippen molar-refractivity contribution in [3.63, 3.8) is 0 Å². The Bertz CT molecular complexity index is 538. The van der Waals surface area contributed by atoms with Gasteiger partial charge in [0.05, 0.1) is 6.04 Å². The predicted molar refractivity (Wildman–Crippen MR) is 77.3 cm³/mol. The summed E-state index contributed by atoms with van der Waals surface area (Å²) < 4.78 is 5.21. The van der Waals surface area contributed by atoms with Crippen molar-refractivity contribution in [3.8, 4) is 0 Å². The summed E-state index contributed by atoms with van der Waals surface area (Å²) in [6.45, 7) is 4.24. The smallest absolute Gasteiger partial charge is 0.133 e. The van der Waals surface area contributed by atoms with Crippen LogP contribution in [0.25, 0.3) is 0 Å². The number of aryl methyl sites for hydroxylation is 2. The molecule has 4 heteroatoms. The molecule has 2 aromatic rings. The second-order valence-electron chi connectivity index (χ2n) is 5.52. The van der Waals surface area contributed by atoms with Crippen molar-refractivity contribution in [1.29, 1.82) is 0 Å². The number of nitrogens with zero attached hydrogens (tertiary/aromatic N) is 3. The maximum Gasteiger partial charge on any atom is 0.133 e. The lowest BCUT2D eigenvalue weighted by atomic mass is 10.1. The van der Waals surface area contributed by atoms with Gasteiger partial charge in [-0.15, -0.1) is 0 Å². The Morgan fingerprint density at radius 1 is 1.45 bits per heavy atom. The lowest BCUT2D eigenvalue weighted by molar-refractivity contribution is 0.242. The SMILES string of the molecule is Cc1cc(C2CCCN2CCCc2cccnc2)no1. The van der Waals surface area contributed by atoms with Gasteiger partial charge in [-0.2, -0.15) is 0 Å². The van der Waals surface area contributed by atoms with Crippen LogP contribution in [-0.2, 0) is 6.42 Å². The zero-order chi connectivity index (χ0) is 13.8. The molecule has 1 unspecified atom stereocenters. The summed E-state index contributed by atoms with van der Waals surface area (Å²) in [4.78, 5) is 6.70. The van der Waals surface area contributed by atoms with Crippen molar-refractivity contribution < 1.29 is 4.52 Å². The van der Waals surface area contributed by atoms with Crippen molar-refractivity contribution in [1.82, 2.24) is 15.0 Å². The minimum atomic E-state index is 0.446. The summed E-state index contributed by atoms with van der Waals surface area (Å²) in [5.74, 6) is 0.905. The van der Waals surface area contributed by atoms with E-state index in [1.165, 1.54) is 31.4 Å². The third kappa shape index (κ3) is 3.07. The number of rotatable bonds is 5. The highest BCUT2D eigenvalue weighted by Gasteiger charge is 2.27. The fourth-order valence-corrected chi connectivity index (χ4v) is 3.00. The Hall–Kier alpha value is -1.68. The second-order valence-corrected chi connectivity index (χ2v) is 5.52. The zero-order valence-corrected chi connectivity index (χ0v) is 12.0. The Kier molecular flexibility index (Phi) is 4.11. The monoisotopic (exact) mass is 271 g/mol. The lowest BCUT2D eigenvalue weighted by Gasteiger charge is -2.22. The standard InChI is InChI=1S/C16H21N3O/c1-13-11-15(18-20-13)16-7-4-10-19(16)9-3-6-14-5-2-8-17-12-14/h2,5,8,11-12,16H,3-4,6-7,9-10H2,1H3. The number of pyridine rings is 1. The minimum Gasteiger partial charge on any atom is -0.361 e. The normalized spacial score (nSPS) is 19.6. The van der Waals surface area contributed by atoms with Crippen molar-refractivity contribution in [2.45, 2.75) is 38.6 Å². The Morgan fingerprint density at radius 3 is 3.15 bits per heavy atom. The van der Waals surface area contributed by atoms with Crippen LogP contribution in [0.1, 0.15) is 42.3 Å². The van der Waals surface area contributed by atoms with Gasteiger partial charge >= 0.3 is 0 Å². The van der Waals surface area contributed by atoms with Gasteiger partial charge < -0.3 is 4.52 Å². The van der Waals surface area contributed by atoms with Crippen LogP contribution in [0.15, 0.2) is 35.1 Å². The average Bonchev–Trinajstić information content (AvgIpc) is 3.09. The molecule has 1 saturated heterocycles. The highest BCUT2D eigenvalue weighted by Crippen LogP contribution is 2.31. The third-order valence-electron chi connectivity index (χ3n) is 3.98. The molecule has 0 aromatic carbocycles. The molecule has 3 heterocycles. The summed E-state index contributed by atoms with van der Waals surface area (Å²) in [7, 11) is 0. The Morgan fingerprint density at radius 2 is 2.40 bits per heavy atom. The highest BCUT2D eigenvalue weighted by molar-refractivity contribution is 5.11. The molecule has 0 aliphatic carbocycles. The molecule has 1 atom stereocenters. The molecular weight excluding hydrogens is 250 g/mol. The van der Waals surface area contributed by atoms with Gasteiger partial charge in [0.25, 0.3) is 0 Å². The summed E-state index contributed by atoms with van der Waals surface area (Å²) >= 11 is 0. The van der Waals surface area contributed by atoms with Crippen LogP contribution in [0.3, 0.4) is 0 Å². The maximum absolute atomic E-state index is 5.21. The third-order valence-corrected chi connectivity index (χ3v) is 3.98. The molecule has 0 spiro atoms. The summed E-state index contributed by atoms with van der Waals surface area (Å²) in [5, 5.41) is 4.19. The van der Waals surface area contributed by atoms with Gasteiger partial charge in [0, 0.05) is 18.5 Å². The fraction of sp³-hybridized carbons (Fsp3) is 0.500. The molecule has 3 rings (SSSR count). The van der Waals surface area contributed by atoms with Crippen molar-refractivity contribution in [3.05, 3.63) is 47.6 Å². The zero-order valence-electron chi connectivity index (χ0n) is 12.0. The van der Waals surface area contributed by atoms with Crippen molar-refractivity contribution in [2.75, 3.05) is 13.1 Å². The van der Waals surface area contributed by atoms with E-state index in [0.717, 1.165) is 24.4 Å². The number of hydrogen-bond donors (Lipinski definition) is 0. The van der Waals surface area contributed by atoms with E-state index in [-0.39, 0.29) is 0 Å². The first kappa shape index (κ1) is 13.3. The molecule has 1 fully saturated rings. The maximum atomic E-state index is 5.21. The van der Waals surface area contributed by atoms with E-state index in [4.69, 9.17) is 4.52 Å². The van der Waals surface area contributed by atoms with Crippen molar-refractivity contribution in [2.24, 2.45) is 0 Å². The van der Waals surface area contributed by atoms with Crippen LogP contribution < -0.4 is 0 Å². The molecule has 0 saturated carbocycles. The Balaban J connectivity index is 1.54. The summed E-state index contributed by atoms with van der Waals surface area (Å²) in [5.41, 5.74) is 2.42. The van der Waals surface area contributed by atoms with Gasteiger partial charge in [-0.1, -0.05) is 11.2 Å². The van der Waals surface area contributed by atoms with Crippen LogP contribution in [0.5, 0.6) is 0 Å². The van der Waals surface area contributed by atoms with E-state index in [1.54, 1.807) is 0 Å². The molecule has 1 aliphatic heterocycles. The van der Waals surface area contributed by atoms with Crippen LogP contribution >= 0.6 is 0 Å². The van der Waals surface area contributed by atoms with Crippen molar-refractivity contribution >= 4 is 0 Å². The molecule has 0 radical (unpaired) electrons. The van der Waals surface area contributed by atoms with Crippen LogP contribution in [-0.4, -0.2) is 28.1 Å². The molecule has 20 heavy (non-hydrogen) atoms. The van der Waals surface area contributed by atoms with Crippen LogP contribution in [0, 0.1) is 6.92 Å². The molecule has 2 aromatic heterocycles. The van der Waals surface area contributed by atoms with Gasteiger partial charge in [0.1, 0.15) is 11.5 Å². The van der Waals surface area contributed by atoms with Crippen LogP contribution in [0.4, 0.5) is 0 Å². The van der Waals surface area contributed by atoms with E-state index in [0.29, 0.717) is 6.04 Å². The van der Waals surface area contributed by atoms with E-state index < -0.39 is 0 Å². The Labute approximate surface area is 119 Å². The van der Waals surface area contributed by atoms with Gasteiger partial charge in [0.2, 0.25) is 0 Å². The minimum absolute atomic E-state index is 0.446. The topological polar surface area (TPSA) is 42.2 Å². The molecule has 0 amide bonds. The van der Waals surface area contributed by atoms with E-state index in [2.05, 4.69) is 27.2 Å². The molecule has 106 valence electrons. The average molecular weight is 271 g/mol. The summed E-state index contributed by atoms with van der Waals surface area (Å²) in [6.07, 6.45) is 8.49. The second kappa shape index (κ2) is 6.18. The quantitative estimate of drug-likeness (QED) is 0.837. The molecule has 4 nitrogen and oxygen atoms in total. The molecular formula is C16H21N3O. The van der Waals surface area contributed by atoms with E-state index in [9.17, 15) is 0 Å². The van der Waals surface area contributed by atoms with Crippen LogP contribution in [0.2, 0.25) is 0 Å².